The molecule has 0 fully saturated rings. The molecular formula is C20H21NO6. The lowest BCUT2D eigenvalue weighted by Gasteiger charge is -2.22. The first-order chi connectivity index (χ1) is 12.8. The first-order valence-corrected chi connectivity index (χ1v) is 8.12. The van der Waals surface area contributed by atoms with E-state index in [0.29, 0.717) is 34.1 Å². The molecule has 2 aromatic carbocycles. The molecule has 0 spiro atoms. The number of hydrogen-bond acceptors (Lipinski definition) is 6. The molecule has 0 saturated heterocycles. The van der Waals surface area contributed by atoms with Gasteiger partial charge < -0.3 is 19.1 Å². The molecule has 0 aliphatic carbocycles. The predicted molar refractivity (Wildman–Crippen MR) is 100 cm³/mol. The SMILES string of the molecule is COc1cc(C(C)=O)c(N(C)C(=O)c2ccc(OC(C)=O)cc2)cc1OC. The van der Waals surface area contributed by atoms with E-state index >= 15 is 0 Å². The molecule has 0 aliphatic heterocycles. The number of methoxy groups -OCH3 is 2. The zero-order valence-corrected chi connectivity index (χ0v) is 15.9. The Bertz CT molecular complexity index is 873. The molecule has 2 rings (SSSR count). The second-order valence-corrected chi connectivity index (χ2v) is 5.76. The molecule has 0 aromatic heterocycles. The molecule has 7 nitrogen and oxygen atoms in total. The van der Waals surface area contributed by atoms with Crippen LogP contribution in [-0.2, 0) is 4.79 Å². The van der Waals surface area contributed by atoms with Crippen LogP contribution in [-0.4, -0.2) is 38.9 Å². The van der Waals surface area contributed by atoms with Crippen LogP contribution < -0.4 is 19.1 Å². The molecular weight excluding hydrogens is 350 g/mol. The summed E-state index contributed by atoms with van der Waals surface area (Å²) in [5, 5.41) is 0. The molecule has 0 unspecified atom stereocenters. The molecule has 0 heterocycles. The van der Waals surface area contributed by atoms with Crippen LogP contribution in [0.1, 0.15) is 34.6 Å². The van der Waals surface area contributed by atoms with E-state index in [4.69, 9.17) is 14.2 Å². The van der Waals surface area contributed by atoms with Gasteiger partial charge in [0.1, 0.15) is 5.75 Å². The minimum absolute atomic E-state index is 0.212. The van der Waals surface area contributed by atoms with Crippen LogP contribution in [0.5, 0.6) is 17.2 Å². The van der Waals surface area contributed by atoms with Gasteiger partial charge in [-0.25, -0.2) is 0 Å². The molecule has 0 saturated carbocycles. The molecule has 142 valence electrons. The normalized spacial score (nSPS) is 10.1. The second-order valence-electron chi connectivity index (χ2n) is 5.76. The fourth-order valence-electron chi connectivity index (χ4n) is 2.56. The van der Waals surface area contributed by atoms with Crippen LogP contribution in [0.3, 0.4) is 0 Å². The van der Waals surface area contributed by atoms with Gasteiger partial charge in [0.15, 0.2) is 17.3 Å². The monoisotopic (exact) mass is 371 g/mol. The van der Waals surface area contributed by atoms with Crippen molar-refractivity contribution in [3.05, 3.63) is 47.5 Å². The number of ketones is 1. The van der Waals surface area contributed by atoms with Crippen LogP contribution in [0.2, 0.25) is 0 Å². The smallest absolute Gasteiger partial charge is 0.308 e. The minimum Gasteiger partial charge on any atom is -0.493 e. The lowest BCUT2D eigenvalue weighted by molar-refractivity contribution is -0.131. The summed E-state index contributed by atoms with van der Waals surface area (Å²) < 4.78 is 15.5. The quantitative estimate of drug-likeness (QED) is 0.441. The average Bonchev–Trinajstić information content (AvgIpc) is 2.65. The van der Waals surface area contributed by atoms with Gasteiger partial charge in [-0.1, -0.05) is 0 Å². The third kappa shape index (κ3) is 4.44. The fraction of sp³-hybridized carbons (Fsp3) is 0.250. The summed E-state index contributed by atoms with van der Waals surface area (Å²) in [6.45, 7) is 2.71. The van der Waals surface area contributed by atoms with Gasteiger partial charge in [0.25, 0.3) is 5.91 Å². The number of amides is 1. The highest BCUT2D eigenvalue weighted by Crippen LogP contribution is 2.35. The number of hydrogen-bond donors (Lipinski definition) is 0. The number of Topliss-reactive ketones (excluding diaryl/α,β-unsaturated/α-hetero) is 1. The van der Waals surface area contributed by atoms with Crippen LogP contribution in [0, 0.1) is 0 Å². The third-order valence-electron chi connectivity index (χ3n) is 3.91. The van der Waals surface area contributed by atoms with E-state index in [-0.39, 0.29) is 11.7 Å². The maximum absolute atomic E-state index is 12.8. The van der Waals surface area contributed by atoms with Crippen LogP contribution in [0.4, 0.5) is 5.69 Å². The highest BCUT2D eigenvalue weighted by atomic mass is 16.5. The topological polar surface area (TPSA) is 82.1 Å². The van der Waals surface area contributed by atoms with E-state index in [9.17, 15) is 14.4 Å². The summed E-state index contributed by atoms with van der Waals surface area (Å²) in [6.07, 6.45) is 0. The molecule has 0 radical (unpaired) electrons. The molecule has 7 heteroatoms. The Morgan fingerprint density at radius 2 is 1.44 bits per heavy atom. The van der Waals surface area contributed by atoms with Gasteiger partial charge in [-0.3, -0.25) is 14.4 Å². The Balaban J connectivity index is 2.40. The number of carbonyl (C=O) groups is 3. The lowest BCUT2D eigenvalue weighted by atomic mass is 10.1. The van der Waals surface area contributed by atoms with Gasteiger partial charge in [0, 0.05) is 31.2 Å². The van der Waals surface area contributed by atoms with Crippen molar-refractivity contribution >= 4 is 23.3 Å². The third-order valence-corrected chi connectivity index (χ3v) is 3.91. The fourth-order valence-corrected chi connectivity index (χ4v) is 2.56. The van der Waals surface area contributed by atoms with Gasteiger partial charge in [-0.2, -0.15) is 0 Å². The maximum atomic E-state index is 12.8. The number of ether oxygens (including phenoxy) is 3. The van der Waals surface area contributed by atoms with Crippen LogP contribution >= 0.6 is 0 Å². The van der Waals surface area contributed by atoms with Crippen molar-refractivity contribution in [2.75, 3.05) is 26.2 Å². The summed E-state index contributed by atoms with van der Waals surface area (Å²) >= 11 is 0. The average molecular weight is 371 g/mol. The van der Waals surface area contributed by atoms with Gasteiger partial charge in [-0.05, 0) is 37.3 Å². The Kier molecular flexibility index (Phi) is 6.18. The minimum atomic E-state index is -0.442. The molecule has 27 heavy (non-hydrogen) atoms. The Morgan fingerprint density at radius 1 is 0.889 bits per heavy atom. The highest BCUT2D eigenvalue weighted by molar-refractivity contribution is 6.10. The molecule has 0 aliphatic rings. The van der Waals surface area contributed by atoms with Crippen molar-refractivity contribution in [1.82, 2.24) is 0 Å². The van der Waals surface area contributed by atoms with E-state index in [1.54, 1.807) is 31.3 Å². The van der Waals surface area contributed by atoms with Crippen LogP contribution in [0.15, 0.2) is 36.4 Å². The lowest BCUT2D eigenvalue weighted by Crippen LogP contribution is -2.27. The zero-order chi connectivity index (χ0) is 20.1. The number of carbonyl (C=O) groups excluding carboxylic acids is 3. The summed E-state index contributed by atoms with van der Waals surface area (Å²) in [4.78, 5) is 37.3. The van der Waals surface area contributed by atoms with E-state index in [0.717, 1.165) is 0 Å². The van der Waals surface area contributed by atoms with Crippen molar-refractivity contribution in [3.63, 3.8) is 0 Å². The zero-order valence-electron chi connectivity index (χ0n) is 15.9. The van der Waals surface area contributed by atoms with Crippen molar-refractivity contribution in [2.24, 2.45) is 0 Å². The van der Waals surface area contributed by atoms with Gasteiger partial charge in [0.05, 0.1) is 19.9 Å². The number of rotatable bonds is 6. The summed E-state index contributed by atoms with van der Waals surface area (Å²) in [6, 6.07) is 9.29. The van der Waals surface area contributed by atoms with Gasteiger partial charge in [-0.15, -0.1) is 0 Å². The largest absolute Gasteiger partial charge is 0.493 e. The first-order valence-electron chi connectivity index (χ1n) is 8.12. The molecule has 2 aromatic rings. The summed E-state index contributed by atoms with van der Waals surface area (Å²) in [5.74, 6) is 0.162. The van der Waals surface area contributed by atoms with Crippen molar-refractivity contribution in [3.8, 4) is 17.2 Å². The number of esters is 1. The van der Waals surface area contributed by atoms with E-state index in [1.807, 2.05) is 0 Å². The van der Waals surface area contributed by atoms with Crippen molar-refractivity contribution in [2.45, 2.75) is 13.8 Å². The Morgan fingerprint density at radius 3 is 1.93 bits per heavy atom. The highest BCUT2D eigenvalue weighted by Gasteiger charge is 2.21. The molecule has 0 atom stereocenters. The van der Waals surface area contributed by atoms with Gasteiger partial charge in [0.2, 0.25) is 0 Å². The predicted octanol–water partition coefficient (Wildman–Crippen LogP) is 3.11. The standard InChI is InChI=1S/C20H21NO6/c1-12(22)16-10-18(25-4)19(26-5)11-17(16)21(3)20(24)14-6-8-15(9-7-14)27-13(2)23/h6-11H,1-5H3. The Labute approximate surface area is 157 Å². The van der Waals surface area contributed by atoms with Crippen molar-refractivity contribution in [1.29, 1.82) is 0 Å². The molecule has 0 bridgehead atoms. The molecule has 1 amide bonds. The Hall–Kier alpha value is -3.35. The number of benzene rings is 2. The summed E-state index contributed by atoms with van der Waals surface area (Å²) in [5.41, 5.74) is 1.10. The van der Waals surface area contributed by atoms with E-state index in [1.165, 1.54) is 45.1 Å². The van der Waals surface area contributed by atoms with Crippen LogP contribution in [0.25, 0.3) is 0 Å². The second kappa shape index (κ2) is 8.35. The molecule has 0 N–H and O–H groups in total. The van der Waals surface area contributed by atoms with E-state index in [2.05, 4.69) is 0 Å². The maximum Gasteiger partial charge on any atom is 0.308 e. The number of nitrogens with zero attached hydrogens (tertiary/aromatic N) is 1. The van der Waals surface area contributed by atoms with Gasteiger partial charge >= 0.3 is 5.97 Å². The van der Waals surface area contributed by atoms with E-state index < -0.39 is 5.97 Å². The number of anilines is 1. The summed E-state index contributed by atoms with van der Waals surface area (Å²) in [7, 11) is 4.52. The van der Waals surface area contributed by atoms with Crippen molar-refractivity contribution < 1.29 is 28.6 Å². The first kappa shape index (κ1) is 20.0.